The Bertz CT molecular complexity index is 1210. The van der Waals surface area contributed by atoms with E-state index in [4.69, 9.17) is 4.74 Å². The predicted molar refractivity (Wildman–Crippen MR) is 119 cm³/mol. The topological polar surface area (TPSA) is 81.9 Å². The van der Waals surface area contributed by atoms with Crippen LogP contribution >= 0.6 is 0 Å². The second-order valence-corrected chi connectivity index (χ2v) is 7.39. The number of carbonyl (C=O) groups excluding carboxylic acids is 1. The molecule has 0 aliphatic heterocycles. The largest absolute Gasteiger partial charge is 0.439 e. The van der Waals surface area contributed by atoms with Crippen LogP contribution in [0.15, 0.2) is 67.0 Å². The highest BCUT2D eigenvalue weighted by Crippen LogP contribution is 2.23. The van der Waals surface area contributed by atoms with Gasteiger partial charge in [-0.05, 0) is 56.7 Å². The average molecular weight is 413 g/mol. The van der Waals surface area contributed by atoms with Crippen molar-refractivity contribution in [2.24, 2.45) is 0 Å². The van der Waals surface area contributed by atoms with Gasteiger partial charge in [-0.2, -0.15) is 5.10 Å². The molecule has 0 saturated carbocycles. The van der Waals surface area contributed by atoms with Crippen LogP contribution in [0.3, 0.4) is 0 Å². The third-order valence-corrected chi connectivity index (χ3v) is 4.66. The Hall–Kier alpha value is -4.00. The number of hydrogen-bond acceptors (Lipinski definition) is 5. The summed E-state index contributed by atoms with van der Waals surface area (Å²) in [6.07, 6.45) is 1.77. The van der Waals surface area contributed by atoms with Crippen molar-refractivity contribution >= 4 is 11.6 Å². The van der Waals surface area contributed by atoms with Gasteiger partial charge in [-0.1, -0.05) is 29.8 Å². The molecule has 0 fully saturated rings. The van der Waals surface area contributed by atoms with Crippen LogP contribution in [0.25, 0.3) is 5.82 Å². The monoisotopic (exact) mass is 413 g/mol. The van der Waals surface area contributed by atoms with Gasteiger partial charge in [0.15, 0.2) is 5.82 Å². The number of nitrogens with one attached hydrogen (secondary N) is 1. The number of aromatic nitrogens is 4. The van der Waals surface area contributed by atoms with Crippen LogP contribution in [0.5, 0.6) is 11.6 Å². The van der Waals surface area contributed by atoms with Gasteiger partial charge in [-0.3, -0.25) is 4.79 Å². The minimum Gasteiger partial charge on any atom is -0.439 e. The predicted octanol–water partition coefficient (Wildman–Crippen LogP) is 4.56. The Balaban J connectivity index is 1.40. The van der Waals surface area contributed by atoms with E-state index >= 15 is 0 Å². The highest BCUT2D eigenvalue weighted by Gasteiger charge is 2.09. The highest BCUT2D eigenvalue weighted by atomic mass is 16.5. The number of ether oxygens (including phenoxy) is 1. The minimum absolute atomic E-state index is 0.0652. The van der Waals surface area contributed by atoms with Crippen molar-refractivity contribution < 1.29 is 9.53 Å². The Morgan fingerprint density at radius 3 is 2.52 bits per heavy atom. The fraction of sp³-hybridized carbons (Fsp3) is 0.167. The second-order valence-electron chi connectivity index (χ2n) is 7.39. The Morgan fingerprint density at radius 1 is 1.00 bits per heavy atom. The van der Waals surface area contributed by atoms with Gasteiger partial charge in [0.2, 0.25) is 11.8 Å². The molecular formula is C24H23N5O2. The van der Waals surface area contributed by atoms with Gasteiger partial charge in [0.1, 0.15) is 12.1 Å². The van der Waals surface area contributed by atoms with E-state index in [1.165, 1.54) is 6.33 Å². The lowest BCUT2D eigenvalue weighted by Crippen LogP contribution is -2.14. The Kier molecular flexibility index (Phi) is 5.75. The zero-order valence-corrected chi connectivity index (χ0v) is 17.7. The first kappa shape index (κ1) is 20.3. The molecule has 0 atom stereocenters. The van der Waals surface area contributed by atoms with Gasteiger partial charge in [0.25, 0.3) is 0 Å². The Morgan fingerprint density at radius 2 is 1.81 bits per heavy atom. The molecule has 31 heavy (non-hydrogen) atoms. The fourth-order valence-corrected chi connectivity index (χ4v) is 3.30. The molecule has 2 aromatic carbocycles. The number of hydrogen-bond donors (Lipinski definition) is 1. The van der Waals surface area contributed by atoms with E-state index in [1.54, 1.807) is 35.0 Å². The molecule has 1 amide bonds. The summed E-state index contributed by atoms with van der Waals surface area (Å²) in [5, 5.41) is 7.34. The van der Waals surface area contributed by atoms with E-state index in [-0.39, 0.29) is 5.91 Å². The van der Waals surface area contributed by atoms with Crippen molar-refractivity contribution in [3.8, 4) is 17.4 Å². The molecule has 4 rings (SSSR count). The van der Waals surface area contributed by atoms with Crippen LogP contribution in [0.1, 0.15) is 22.5 Å². The molecular weight excluding hydrogens is 390 g/mol. The van der Waals surface area contributed by atoms with Crippen molar-refractivity contribution in [2.45, 2.75) is 27.2 Å². The first-order chi connectivity index (χ1) is 15.0. The number of anilines is 1. The summed E-state index contributed by atoms with van der Waals surface area (Å²) in [5.74, 6) is 1.59. The molecule has 0 radical (unpaired) electrons. The average Bonchev–Trinajstić information content (AvgIpc) is 3.08. The summed E-state index contributed by atoms with van der Waals surface area (Å²) in [6, 6.07) is 18.8. The van der Waals surface area contributed by atoms with Crippen LogP contribution in [-0.4, -0.2) is 25.7 Å². The molecule has 156 valence electrons. The maximum absolute atomic E-state index is 12.3. The second kappa shape index (κ2) is 8.79. The van der Waals surface area contributed by atoms with E-state index in [0.717, 1.165) is 22.5 Å². The van der Waals surface area contributed by atoms with Gasteiger partial charge in [-0.25, -0.2) is 14.6 Å². The lowest BCUT2D eigenvalue weighted by Gasteiger charge is -2.09. The smallest absolute Gasteiger partial charge is 0.228 e. The molecule has 1 N–H and O–H groups in total. The maximum atomic E-state index is 12.3. The van der Waals surface area contributed by atoms with Gasteiger partial charge in [0, 0.05) is 17.4 Å². The first-order valence-electron chi connectivity index (χ1n) is 9.95. The molecule has 2 heterocycles. The SMILES string of the molecule is Cc1cccc(CC(=O)Nc2ccc(Oc3cc(-n4nc(C)cc4C)ncn3)cc2)c1. The Labute approximate surface area is 180 Å². The van der Waals surface area contributed by atoms with E-state index in [1.807, 2.05) is 51.1 Å². The zero-order chi connectivity index (χ0) is 21.8. The number of benzene rings is 2. The molecule has 2 aromatic heterocycles. The number of carbonyl (C=O) groups is 1. The maximum Gasteiger partial charge on any atom is 0.228 e. The lowest BCUT2D eigenvalue weighted by molar-refractivity contribution is -0.115. The molecule has 0 bridgehead atoms. The van der Waals surface area contributed by atoms with Crippen molar-refractivity contribution in [2.75, 3.05) is 5.32 Å². The normalized spacial score (nSPS) is 10.7. The van der Waals surface area contributed by atoms with Gasteiger partial charge >= 0.3 is 0 Å². The molecule has 7 heteroatoms. The van der Waals surface area contributed by atoms with Crippen molar-refractivity contribution in [1.29, 1.82) is 0 Å². The quantitative estimate of drug-likeness (QED) is 0.501. The number of nitrogens with zero attached hydrogens (tertiary/aromatic N) is 4. The molecule has 0 saturated heterocycles. The first-order valence-corrected chi connectivity index (χ1v) is 9.95. The fourth-order valence-electron chi connectivity index (χ4n) is 3.30. The summed E-state index contributed by atoms with van der Waals surface area (Å²) in [7, 11) is 0. The van der Waals surface area contributed by atoms with Crippen LogP contribution in [0.4, 0.5) is 5.69 Å². The highest BCUT2D eigenvalue weighted by molar-refractivity contribution is 5.92. The van der Waals surface area contributed by atoms with E-state index < -0.39 is 0 Å². The molecule has 4 aromatic rings. The number of aryl methyl sites for hydroxylation is 3. The van der Waals surface area contributed by atoms with Crippen LogP contribution < -0.4 is 10.1 Å². The lowest BCUT2D eigenvalue weighted by atomic mass is 10.1. The van der Waals surface area contributed by atoms with Crippen LogP contribution in [0, 0.1) is 20.8 Å². The third kappa shape index (κ3) is 5.14. The summed E-state index contributed by atoms with van der Waals surface area (Å²) in [4.78, 5) is 20.8. The molecule has 0 spiro atoms. The van der Waals surface area contributed by atoms with Crippen LogP contribution in [-0.2, 0) is 11.2 Å². The van der Waals surface area contributed by atoms with Gasteiger partial charge in [0.05, 0.1) is 12.1 Å². The van der Waals surface area contributed by atoms with E-state index in [2.05, 4.69) is 20.4 Å². The van der Waals surface area contributed by atoms with Crippen molar-refractivity contribution in [1.82, 2.24) is 19.7 Å². The van der Waals surface area contributed by atoms with Gasteiger partial charge in [-0.15, -0.1) is 0 Å². The summed E-state index contributed by atoms with van der Waals surface area (Å²) in [5.41, 5.74) is 4.72. The molecule has 0 aliphatic rings. The van der Waals surface area contributed by atoms with Crippen molar-refractivity contribution in [3.63, 3.8) is 0 Å². The minimum atomic E-state index is -0.0652. The molecule has 0 unspecified atom stereocenters. The van der Waals surface area contributed by atoms with Crippen molar-refractivity contribution in [3.05, 3.63) is 89.5 Å². The van der Waals surface area contributed by atoms with Gasteiger partial charge < -0.3 is 10.1 Å². The van der Waals surface area contributed by atoms with Crippen LogP contribution in [0.2, 0.25) is 0 Å². The summed E-state index contributed by atoms with van der Waals surface area (Å²) < 4.78 is 7.60. The summed E-state index contributed by atoms with van der Waals surface area (Å²) >= 11 is 0. The number of amides is 1. The summed E-state index contributed by atoms with van der Waals surface area (Å²) in [6.45, 7) is 5.91. The van der Waals surface area contributed by atoms with E-state index in [9.17, 15) is 4.79 Å². The zero-order valence-electron chi connectivity index (χ0n) is 17.7. The van der Waals surface area contributed by atoms with E-state index in [0.29, 0.717) is 29.6 Å². The third-order valence-electron chi connectivity index (χ3n) is 4.66. The standard InChI is InChI=1S/C24H23N5O2/c1-16-5-4-6-19(11-16)13-23(30)27-20-7-9-21(10-8-20)31-24-14-22(25-15-26-24)29-18(3)12-17(2)28-29/h4-12,14-15H,13H2,1-3H3,(H,27,30). The molecule has 7 nitrogen and oxygen atoms in total. The number of rotatable bonds is 6. The molecule has 0 aliphatic carbocycles.